The maximum absolute atomic E-state index is 6.67. The van der Waals surface area contributed by atoms with E-state index in [1.807, 2.05) is 0 Å². The SMILES string of the molecule is c1ccc(-c2cccc(N(c3ccc4c(c3)C3(c5ccccc5Oc5ccccc53)c3ccccc3-4)c3ccc(-c4ccccc4)cc3-c3ccccc3)c2)cc1. The molecule has 1 aliphatic heterocycles. The lowest BCUT2D eigenvalue weighted by atomic mass is 9.66. The molecule has 1 heterocycles. The predicted molar refractivity (Wildman–Crippen MR) is 235 cm³/mol. The second-order valence-electron chi connectivity index (χ2n) is 14.8. The second kappa shape index (κ2) is 13.4. The van der Waals surface area contributed by atoms with E-state index in [1.54, 1.807) is 0 Å². The van der Waals surface area contributed by atoms with Gasteiger partial charge in [0.2, 0.25) is 0 Å². The molecule has 0 amide bonds. The smallest absolute Gasteiger partial charge is 0.132 e. The minimum Gasteiger partial charge on any atom is -0.457 e. The quantitative estimate of drug-likeness (QED) is 0.169. The molecule has 0 saturated heterocycles. The first-order valence-corrected chi connectivity index (χ1v) is 19.6. The maximum atomic E-state index is 6.67. The van der Waals surface area contributed by atoms with Crippen molar-refractivity contribution in [2.45, 2.75) is 5.41 Å². The van der Waals surface area contributed by atoms with Crippen molar-refractivity contribution in [1.82, 2.24) is 0 Å². The number of anilines is 3. The van der Waals surface area contributed by atoms with Crippen LogP contribution >= 0.6 is 0 Å². The van der Waals surface area contributed by atoms with E-state index >= 15 is 0 Å². The van der Waals surface area contributed by atoms with E-state index in [9.17, 15) is 0 Å². The molecular formula is C55H37NO. The molecular weight excluding hydrogens is 691 g/mol. The molecule has 9 aromatic rings. The zero-order valence-electron chi connectivity index (χ0n) is 31.2. The topological polar surface area (TPSA) is 12.5 Å². The van der Waals surface area contributed by atoms with Crippen LogP contribution in [-0.2, 0) is 5.41 Å². The van der Waals surface area contributed by atoms with Crippen molar-refractivity contribution in [2.24, 2.45) is 0 Å². The number of hydrogen-bond donors (Lipinski definition) is 0. The molecule has 0 atom stereocenters. The lowest BCUT2D eigenvalue weighted by Gasteiger charge is -2.39. The van der Waals surface area contributed by atoms with Crippen LogP contribution < -0.4 is 9.64 Å². The van der Waals surface area contributed by atoms with E-state index in [4.69, 9.17) is 4.74 Å². The molecule has 1 aliphatic carbocycles. The number of para-hydroxylation sites is 2. The van der Waals surface area contributed by atoms with Crippen molar-refractivity contribution in [3.63, 3.8) is 0 Å². The highest BCUT2D eigenvalue weighted by atomic mass is 16.5. The Labute approximate surface area is 333 Å². The highest BCUT2D eigenvalue weighted by molar-refractivity contribution is 5.95. The van der Waals surface area contributed by atoms with Crippen molar-refractivity contribution in [1.29, 1.82) is 0 Å². The number of fused-ring (bicyclic) bond motifs is 9. The molecule has 9 aromatic carbocycles. The van der Waals surface area contributed by atoms with E-state index in [1.165, 1.54) is 38.9 Å². The molecule has 0 saturated carbocycles. The third-order valence-corrected chi connectivity index (χ3v) is 11.7. The molecule has 0 bridgehead atoms. The van der Waals surface area contributed by atoms with Gasteiger partial charge in [0.05, 0.1) is 11.1 Å². The van der Waals surface area contributed by atoms with Gasteiger partial charge in [-0.05, 0) is 98.6 Å². The first kappa shape index (κ1) is 33.0. The van der Waals surface area contributed by atoms with Crippen LogP contribution in [0.1, 0.15) is 22.3 Å². The molecule has 11 rings (SSSR count). The summed E-state index contributed by atoms with van der Waals surface area (Å²) >= 11 is 0. The fraction of sp³-hybridized carbons (Fsp3) is 0.0182. The van der Waals surface area contributed by atoms with E-state index in [0.717, 1.165) is 56.4 Å². The minimum absolute atomic E-state index is 0.579. The molecule has 57 heavy (non-hydrogen) atoms. The first-order valence-electron chi connectivity index (χ1n) is 19.6. The van der Waals surface area contributed by atoms with Crippen molar-refractivity contribution in [3.05, 3.63) is 247 Å². The Kier molecular flexibility index (Phi) is 7.75. The molecule has 2 nitrogen and oxygen atoms in total. The van der Waals surface area contributed by atoms with E-state index < -0.39 is 5.41 Å². The van der Waals surface area contributed by atoms with Gasteiger partial charge in [-0.3, -0.25) is 0 Å². The van der Waals surface area contributed by atoms with Crippen LogP contribution in [-0.4, -0.2) is 0 Å². The number of nitrogens with zero attached hydrogens (tertiary/aromatic N) is 1. The Hall–Kier alpha value is -7.42. The highest BCUT2D eigenvalue weighted by Crippen LogP contribution is 2.62. The predicted octanol–water partition coefficient (Wildman–Crippen LogP) is 14.6. The van der Waals surface area contributed by atoms with Crippen molar-refractivity contribution in [3.8, 4) is 56.0 Å². The van der Waals surface area contributed by atoms with Gasteiger partial charge in [-0.2, -0.15) is 0 Å². The second-order valence-corrected chi connectivity index (χ2v) is 14.8. The van der Waals surface area contributed by atoms with E-state index in [-0.39, 0.29) is 0 Å². The van der Waals surface area contributed by atoms with Crippen molar-refractivity contribution < 1.29 is 4.74 Å². The zero-order chi connectivity index (χ0) is 37.8. The van der Waals surface area contributed by atoms with Crippen LogP contribution in [0.5, 0.6) is 11.5 Å². The molecule has 0 N–H and O–H groups in total. The Morgan fingerprint density at radius 3 is 1.47 bits per heavy atom. The lowest BCUT2D eigenvalue weighted by molar-refractivity contribution is 0.436. The third kappa shape index (κ3) is 5.26. The Bertz CT molecular complexity index is 2890. The fourth-order valence-corrected chi connectivity index (χ4v) is 9.25. The summed E-state index contributed by atoms with van der Waals surface area (Å²) < 4.78 is 6.67. The summed E-state index contributed by atoms with van der Waals surface area (Å²) in [6, 6.07) is 81.2. The molecule has 0 radical (unpaired) electrons. The van der Waals surface area contributed by atoms with Crippen LogP contribution in [0.3, 0.4) is 0 Å². The fourth-order valence-electron chi connectivity index (χ4n) is 9.25. The standard InChI is InChI=1S/C55H37NO/c1-4-17-38(18-5-1)41-23-16-24-43(35-41)56(52-34-31-42(39-19-6-2-7-20-39)36-47(52)40-21-8-3-9-22-40)44-32-33-46-45-25-10-11-26-48(45)55(51(46)37-44)49-27-12-14-29-53(49)57-54-30-15-13-28-50(54)55/h1-37H. The van der Waals surface area contributed by atoms with Gasteiger partial charge < -0.3 is 9.64 Å². The van der Waals surface area contributed by atoms with Gasteiger partial charge in [0, 0.05) is 28.1 Å². The largest absolute Gasteiger partial charge is 0.457 e. The van der Waals surface area contributed by atoms with Crippen molar-refractivity contribution >= 4 is 17.1 Å². The molecule has 0 fully saturated rings. The Morgan fingerprint density at radius 2 is 0.807 bits per heavy atom. The average Bonchev–Trinajstić information content (AvgIpc) is 3.57. The van der Waals surface area contributed by atoms with Crippen LogP contribution in [0.4, 0.5) is 17.1 Å². The van der Waals surface area contributed by atoms with Gasteiger partial charge >= 0.3 is 0 Å². The first-order chi connectivity index (χ1) is 28.3. The molecule has 0 aromatic heterocycles. The maximum Gasteiger partial charge on any atom is 0.132 e. The minimum atomic E-state index is -0.579. The summed E-state index contributed by atoms with van der Waals surface area (Å²) in [5, 5.41) is 0. The van der Waals surface area contributed by atoms with E-state index in [2.05, 4.69) is 229 Å². The Balaban J connectivity index is 1.20. The number of ether oxygens (including phenoxy) is 1. The molecule has 2 heteroatoms. The van der Waals surface area contributed by atoms with Gasteiger partial charge in [0.25, 0.3) is 0 Å². The van der Waals surface area contributed by atoms with E-state index in [0.29, 0.717) is 0 Å². The highest BCUT2D eigenvalue weighted by Gasteiger charge is 2.51. The molecule has 2 aliphatic rings. The number of hydrogen-bond acceptors (Lipinski definition) is 2. The summed E-state index contributed by atoms with van der Waals surface area (Å²) in [5.74, 6) is 1.78. The number of rotatable bonds is 6. The van der Waals surface area contributed by atoms with Crippen LogP contribution in [0.2, 0.25) is 0 Å². The number of benzene rings is 9. The van der Waals surface area contributed by atoms with Crippen LogP contribution in [0.25, 0.3) is 44.5 Å². The van der Waals surface area contributed by atoms with Gasteiger partial charge in [-0.25, -0.2) is 0 Å². The average molecular weight is 728 g/mol. The normalized spacial score (nSPS) is 12.8. The molecule has 1 spiro atoms. The summed E-state index contributed by atoms with van der Waals surface area (Å²) in [4.78, 5) is 2.46. The van der Waals surface area contributed by atoms with Gasteiger partial charge in [0.15, 0.2) is 0 Å². The molecule has 268 valence electrons. The van der Waals surface area contributed by atoms with Crippen LogP contribution in [0.15, 0.2) is 224 Å². The van der Waals surface area contributed by atoms with Crippen molar-refractivity contribution in [2.75, 3.05) is 4.90 Å². The van der Waals surface area contributed by atoms with Crippen LogP contribution in [0, 0.1) is 0 Å². The summed E-state index contributed by atoms with van der Waals surface area (Å²) in [5.41, 5.74) is 17.0. The summed E-state index contributed by atoms with van der Waals surface area (Å²) in [6.07, 6.45) is 0. The zero-order valence-corrected chi connectivity index (χ0v) is 31.2. The summed E-state index contributed by atoms with van der Waals surface area (Å²) in [7, 11) is 0. The summed E-state index contributed by atoms with van der Waals surface area (Å²) in [6.45, 7) is 0. The lowest BCUT2D eigenvalue weighted by Crippen LogP contribution is -2.32. The van der Waals surface area contributed by atoms with Gasteiger partial charge in [-0.1, -0.05) is 176 Å². The van der Waals surface area contributed by atoms with Gasteiger partial charge in [-0.15, -0.1) is 0 Å². The molecule has 0 unspecified atom stereocenters. The third-order valence-electron chi connectivity index (χ3n) is 11.7. The van der Waals surface area contributed by atoms with Gasteiger partial charge in [0.1, 0.15) is 11.5 Å². The monoisotopic (exact) mass is 727 g/mol. The Morgan fingerprint density at radius 1 is 0.298 bits per heavy atom.